The first-order valence-electron chi connectivity index (χ1n) is 9.18. The quantitative estimate of drug-likeness (QED) is 0.466. The Morgan fingerprint density at radius 2 is 2.10 bits per heavy atom. The Balaban J connectivity index is 1.80. The van der Waals surface area contributed by atoms with Gasteiger partial charge in [-0.2, -0.15) is 0 Å². The predicted molar refractivity (Wildman–Crippen MR) is 106 cm³/mol. The first-order chi connectivity index (χ1) is 14.3. The fourth-order valence-electron chi connectivity index (χ4n) is 2.85. The van der Waals surface area contributed by atoms with Gasteiger partial charge in [0, 0.05) is 32.1 Å². The van der Waals surface area contributed by atoms with Crippen molar-refractivity contribution in [2.45, 2.75) is 13.5 Å². The van der Waals surface area contributed by atoms with Gasteiger partial charge < -0.3 is 15.5 Å². The van der Waals surface area contributed by atoms with E-state index in [1.165, 1.54) is 24.0 Å². The van der Waals surface area contributed by atoms with Gasteiger partial charge in [0.2, 0.25) is 5.91 Å². The molecule has 8 nitrogen and oxygen atoms in total. The molecule has 0 bridgehead atoms. The molecule has 0 aliphatic carbocycles. The van der Waals surface area contributed by atoms with Crippen LogP contribution in [0.25, 0.3) is 0 Å². The maximum Gasteiger partial charge on any atom is 0.239 e. The molecule has 0 atom stereocenters. The molecule has 1 saturated heterocycles. The number of amides is 1. The minimum absolute atomic E-state index is 0.0454. The van der Waals surface area contributed by atoms with Crippen LogP contribution in [0, 0.1) is 17.0 Å². The molecule has 1 aliphatic rings. The van der Waals surface area contributed by atoms with Gasteiger partial charge in [-0.3, -0.25) is 15.0 Å². The fourth-order valence-corrected chi connectivity index (χ4v) is 2.85. The number of benzene rings is 1. The van der Waals surface area contributed by atoms with Gasteiger partial charge in [-0.25, -0.2) is 18.7 Å². The highest BCUT2D eigenvalue weighted by atomic mass is 19.1. The Labute approximate surface area is 171 Å². The monoisotopic (exact) mass is 414 g/mol. The van der Waals surface area contributed by atoms with Gasteiger partial charge in [0.1, 0.15) is 11.5 Å². The van der Waals surface area contributed by atoms with Gasteiger partial charge in [0.25, 0.3) is 0 Å². The average Bonchev–Trinajstić information content (AvgIpc) is 2.72. The summed E-state index contributed by atoms with van der Waals surface area (Å²) in [6, 6.07) is 6.13. The Morgan fingerprint density at radius 1 is 1.33 bits per heavy atom. The van der Waals surface area contributed by atoms with E-state index in [9.17, 15) is 18.4 Å². The van der Waals surface area contributed by atoms with Crippen LogP contribution in [0.15, 0.2) is 42.2 Å². The minimum Gasteiger partial charge on any atom is -0.378 e. The predicted octanol–water partition coefficient (Wildman–Crippen LogP) is 1.32. The molecule has 0 unspecified atom stereocenters. The number of rotatable bonds is 7. The first kappa shape index (κ1) is 21.0. The molecule has 1 amide bonds. The summed E-state index contributed by atoms with van der Waals surface area (Å²) in [4.78, 5) is 32.9. The van der Waals surface area contributed by atoms with Crippen molar-refractivity contribution < 1.29 is 18.4 Å². The van der Waals surface area contributed by atoms with E-state index in [1.54, 1.807) is 18.2 Å². The Hall–Kier alpha value is -3.69. The van der Waals surface area contributed by atoms with Gasteiger partial charge in [-0.1, -0.05) is 18.2 Å². The number of halogens is 2. The van der Waals surface area contributed by atoms with Crippen molar-refractivity contribution in [2.24, 2.45) is 0 Å². The third-order valence-corrected chi connectivity index (χ3v) is 4.40. The zero-order chi connectivity index (χ0) is 21.7. The minimum atomic E-state index is -0.713. The maximum atomic E-state index is 14.2. The highest BCUT2D eigenvalue weighted by Gasteiger charge is 2.22. The lowest BCUT2D eigenvalue weighted by Gasteiger charge is -2.27. The SMILES string of the molecule is CC(=O)/C(=C/C(=N)c1ncc(F)c(N2CCNC(=O)C2)n1)NCc1ccccc1F. The molecule has 156 valence electrons. The number of anilines is 1. The van der Waals surface area contributed by atoms with Crippen molar-refractivity contribution in [1.29, 1.82) is 5.41 Å². The number of piperazine rings is 1. The Bertz CT molecular complexity index is 1020. The van der Waals surface area contributed by atoms with Gasteiger partial charge in [0.05, 0.1) is 18.4 Å². The number of aromatic nitrogens is 2. The molecule has 1 fully saturated rings. The lowest BCUT2D eigenvalue weighted by molar-refractivity contribution is -0.120. The molecule has 3 rings (SSSR count). The van der Waals surface area contributed by atoms with Crippen molar-refractivity contribution in [3.63, 3.8) is 0 Å². The Morgan fingerprint density at radius 3 is 2.80 bits per heavy atom. The van der Waals surface area contributed by atoms with Crippen molar-refractivity contribution in [2.75, 3.05) is 24.5 Å². The molecular weight excluding hydrogens is 394 g/mol. The molecule has 10 heteroatoms. The van der Waals surface area contributed by atoms with Crippen molar-refractivity contribution >= 4 is 23.2 Å². The largest absolute Gasteiger partial charge is 0.378 e. The molecule has 0 radical (unpaired) electrons. The topological polar surface area (TPSA) is 111 Å². The van der Waals surface area contributed by atoms with E-state index in [-0.39, 0.29) is 47.8 Å². The number of hydrogen-bond donors (Lipinski definition) is 3. The maximum absolute atomic E-state index is 14.2. The van der Waals surface area contributed by atoms with E-state index in [0.717, 1.165) is 6.20 Å². The van der Waals surface area contributed by atoms with Gasteiger partial charge >= 0.3 is 0 Å². The summed E-state index contributed by atoms with van der Waals surface area (Å²) in [5, 5.41) is 13.7. The van der Waals surface area contributed by atoms with Crippen LogP contribution in [-0.4, -0.2) is 47.0 Å². The van der Waals surface area contributed by atoms with Crippen molar-refractivity contribution in [1.82, 2.24) is 20.6 Å². The first-order valence-corrected chi connectivity index (χ1v) is 9.18. The van der Waals surface area contributed by atoms with E-state index in [0.29, 0.717) is 18.7 Å². The zero-order valence-corrected chi connectivity index (χ0v) is 16.2. The van der Waals surface area contributed by atoms with Crippen LogP contribution in [0.3, 0.4) is 0 Å². The molecule has 0 saturated carbocycles. The van der Waals surface area contributed by atoms with Crippen LogP contribution < -0.4 is 15.5 Å². The number of nitrogens with one attached hydrogen (secondary N) is 3. The molecule has 1 aromatic carbocycles. The second-order valence-corrected chi connectivity index (χ2v) is 6.61. The van der Waals surface area contributed by atoms with Crippen LogP contribution in [0.2, 0.25) is 0 Å². The summed E-state index contributed by atoms with van der Waals surface area (Å²) in [5.74, 6) is -1.95. The number of ketones is 1. The van der Waals surface area contributed by atoms with E-state index in [1.807, 2.05) is 0 Å². The molecule has 30 heavy (non-hydrogen) atoms. The molecular formula is C20H20F2N6O2. The number of allylic oxidation sites excluding steroid dienone is 2. The summed E-state index contributed by atoms with van der Waals surface area (Å²) >= 11 is 0. The smallest absolute Gasteiger partial charge is 0.239 e. The number of hydrogen-bond acceptors (Lipinski definition) is 7. The molecule has 0 spiro atoms. The average molecular weight is 414 g/mol. The summed E-state index contributed by atoms with van der Waals surface area (Å²) in [6.45, 7) is 2.01. The van der Waals surface area contributed by atoms with Crippen LogP contribution in [0.1, 0.15) is 18.3 Å². The van der Waals surface area contributed by atoms with Gasteiger partial charge in [0.15, 0.2) is 23.2 Å². The van der Waals surface area contributed by atoms with Crippen LogP contribution >= 0.6 is 0 Å². The van der Waals surface area contributed by atoms with E-state index >= 15 is 0 Å². The number of carbonyl (C=O) groups excluding carboxylic acids is 2. The lowest BCUT2D eigenvalue weighted by Crippen LogP contribution is -2.48. The molecule has 2 heterocycles. The Kier molecular flexibility index (Phi) is 6.45. The standard InChI is InChI=1S/C20H20F2N6O2/c1-12(29)17(25-9-13-4-2-3-5-14(13)21)8-16(23)19-26-10-15(22)20(27-19)28-7-6-24-18(30)11-28/h2-5,8,10,23,25H,6-7,9,11H2,1H3,(H,24,30)/b17-8-,23-16?. The number of carbonyl (C=O) groups is 2. The normalized spacial score (nSPS) is 14.3. The second kappa shape index (κ2) is 9.21. The molecule has 1 aromatic heterocycles. The molecule has 3 N–H and O–H groups in total. The van der Waals surface area contributed by atoms with E-state index in [4.69, 9.17) is 5.41 Å². The fraction of sp³-hybridized carbons (Fsp3) is 0.250. The van der Waals surface area contributed by atoms with E-state index < -0.39 is 11.6 Å². The van der Waals surface area contributed by atoms with Gasteiger partial charge in [-0.05, 0) is 12.1 Å². The van der Waals surface area contributed by atoms with Gasteiger partial charge in [-0.15, -0.1) is 0 Å². The number of Topliss-reactive ketones (excluding diaryl/α,β-unsaturated/α-hetero) is 1. The highest BCUT2D eigenvalue weighted by molar-refractivity contribution is 6.09. The summed E-state index contributed by atoms with van der Waals surface area (Å²) < 4.78 is 28.0. The van der Waals surface area contributed by atoms with Crippen LogP contribution in [0.5, 0.6) is 0 Å². The third kappa shape index (κ3) is 5.02. The number of nitrogens with zero attached hydrogens (tertiary/aromatic N) is 3. The van der Waals surface area contributed by atoms with Crippen LogP contribution in [-0.2, 0) is 16.1 Å². The summed E-state index contributed by atoms with van der Waals surface area (Å²) in [6.07, 6.45) is 2.13. The summed E-state index contributed by atoms with van der Waals surface area (Å²) in [5.41, 5.74) is 0.193. The van der Waals surface area contributed by atoms with E-state index in [2.05, 4.69) is 20.6 Å². The van der Waals surface area contributed by atoms with Crippen molar-refractivity contribution in [3.05, 3.63) is 65.3 Å². The second-order valence-electron chi connectivity index (χ2n) is 6.61. The molecule has 1 aliphatic heterocycles. The zero-order valence-electron chi connectivity index (χ0n) is 16.2. The highest BCUT2D eigenvalue weighted by Crippen LogP contribution is 2.17. The van der Waals surface area contributed by atoms with Crippen LogP contribution in [0.4, 0.5) is 14.6 Å². The summed E-state index contributed by atoms with van der Waals surface area (Å²) in [7, 11) is 0. The third-order valence-electron chi connectivity index (χ3n) is 4.40. The molecule has 2 aromatic rings. The van der Waals surface area contributed by atoms with Crippen molar-refractivity contribution in [3.8, 4) is 0 Å². The lowest BCUT2D eigenvalue weighted by atomic mass is 10.2.